The Morgan fingerprint density at radius 1 is 1.19 bits per heavy atom. The molecule has 106 valence electrons. The molecule has 0 saturated heterocycles. The third kappa shape index (κ3) is 4.68. The first-order chi connectivity index (χ1) is 10.1. The average molecular weight is 337 g/mol. The number of hydrogen-bond donors (Lipinski definition) is 1. The molecule has 3 nitrogen and oxygen atoms in total. The highest BCUT2D eigenvalue weighted by Gasteiger charge is 2.06. The van der Waals surface area contributed by atoms with E-state index >= 15 is 0 Å². The maximum Gasteiger partial charge on any atom is 0.234 e. The highest BCUT2D eigenvalue weighted by molar-refractivity contribution is 8.00. The average Bonchev–Trinajstić information content (AvgIpc) is 2.48. The minimum Gasteiger partial charge on any atom is -0.325 e. The number of rotatable bonds is 4. The zero-order chi connectivity index (χ0) is 15.2. The van der Waals surface area contributed by atoms with Crippen LogP contribution >= 0.6 is 35.0 Å². The standard InChI is InChI=1S/C15H10Cl2N2OS/c16-13-5-4-12(7-14(13)17)21-9-15(20)19-11-3-1-2-10(6-11)8-18/h1-7H,9H2,(H,19,20). The van der Waals surface area contributed by atoms with Gasteiger partial charge in [0.1, 0.15) is 0 Å². The van der Waals surface area contributed by atoms with Crippen molar-refractivity contribution in [2.45, 2.75) is 4.90 Å². The summed E-state index contributed by atoms with van der Waals surface area (Å²) >= 11 is 13.1. The van der Waals surface area contributed by atoms with Crippen LogP contribution in [0.5, 0.6) is 0 Å². The quantitative estimate of drug-likeness (QED) is 0.830. The lowest BCUT2D eigenvalue weighted by Crippen LogP contribution is -2.13. The highest BCUT2D eigenvalue weighted by atomic mass is 35.5. The molecule has 0 aliphatic heterocycles. The van der Waals surface area contributed by atoms with Crippen LogP contribution in [0.25, 0.3) is 0 Å². The molecule has 0 atom stereocenters. The maximum atomic E-state index is 11.9. The van der Waals surface area contributed by atoms with E-state index in [9.17, 15) is 4.79 Å². The number of nitriles is 1. The Balaban J connectivity index is 1.92. The molecule has 0 aliphatic carbocycles. The van der Waals surface area contributed by atoms with Crippen molar-refractivity contribution in [2.75, 3.05) is 11.1 Å². The first-order valence-electron chi connectivity index (χ1n) is 5.96. The van der Waals surface area contributed by atoms with Crippen LogP contribution in [0.4, 0.5) is 5.69 Å². The Hall–Kier alpha value is -1.67. The number of nitrogens with one attached hydrogen (secondary N) is 1. The molecule has 2 aromatic rings. The van der Waals surface area contributed by atoms with Crippen LogP contribution in [0.15, 0.2) is 47.4 Å². The van der Waals surface area contributed by atoms with Gasteiger partial charge in [0.2, 0.25) is 5.91 Å². The molecule has 0 aliphatic rings. The molecule has 0 aromatic heterocycles. The molecule has 0 bridgehead atoms. The second kappa shape index (κ2) is 7.37. The molecule has 0 heterocycles. The van der Waals surface area contributed by atoms with Crippen LogP contribution in [-0.4, -0.2) is 11.7 Å². The predicted molar refractivity (Wildman–Crippen MR) is 87.0 cm³/mol. The molecule has 21 heavy (non-hydrogen) atoms. The van der Waals surface area contributed by atoms with Gasteiger partial charge in [-0.3, -0.25) is 4.79 Å². The van der Waals surface area contributed by atoms with Crippen molar-refractivity contribution in [2.24, 2.45) is 0 Å². The van der Waals surface area contributed by atoms with Gasteiger partial charge >= 0.3 is 0 Å². The number of carbonyl (C=O) groups excluding carboxylic acids is 1. The van der Waals surface area contributed by atoms with Crippen molar-refractivity contribution in [3.8, 4) is 6.07 Å². The van der Waals surface area contributed by atoms with E-state index in [-0.39, 0.29) is 11.7 Å². The molecule has 1 N–H and O–H groups in total. The summed E-state index contributed by atoms with van der Waals surface area (Å²) in [5, 5.41) is 12.5. The monoisotopic (exact) mass is 336 g/mol. The van der Waals surface area contributed by atoms with E-state index in [1.165, 1.54) is 11.8 Å². The maximum absolute atomic E-state index is 11.9. The number of benzene rings is 2. The Morgan fingerprint density at radius 3 is 2.71 bits per heavy atom. The zero-order valence-electron chi connectivity index (χ0n) is 10.8. The lowest BCUT2D eigenvalue weighted by atomic mass is 10.2. The highest BCUT2D eigenvalue weighted by Crippen LogP contribution is 2.28. The molecule has 0 radical (unpaired) electrons. The van der Waals surface area contributed by atoms with Crippen LogP contribution in [0.3, 0.4) is 0 Å². The molecule has 1 amide bonds. The second-order valence-electron chi connectivity index (χ2n) is 4.11. The minimum atomic E-state index is -0.152. The summed E-state index contributed by atoms with van der Waals surface area (Å²) in [6, 6.07) is 14.0. The first kappa shape index (κ1) is 15.7. The number of carbonyl (C=O) groups is 1. The third-order valence-electron chi connectivity index (χ3n) is 2.54. The van der Waals surface area contributed by atoms with E-state index in [0.29, 0.717) is 21.3 Å². The Labute approximate surface area is 136 Å². The fourth-order valence-corrected chi connectivity index (χ4v) is 2.68. The van der Waals surface area contributed by atoms with Crippen molar-refractivity contribution in [1.82, 2.24) is 0 Å². The van der Waals surface area contributed by atoms with Gasteiger partial charge in [0.15, 0.2) is 0 Å². The molecule has 0 fully saturated rings. The number of nitrogens with zero attached hydrogens (tertiary/aromatic N) is 1. The lowest BCUT2D eigenvalue weighted by Gasteiger charge is -2.06. The zero-order valence-corrected chi connectivity index (χ0v) is 13.1. The summed E-state index contributed by atoms with van der Waals surface area (Å²) in [7, 11) is 0. The van der Waals surface area contributed by atoms with Crippen LogP contribution in [0, 0.1) is 11.3 Å². The minimum absolute atomic E-state index is 0.152. The Bertz CT molecular complexity index is 713. The summed E-state index contributed by atoms with van der Waals surface area (Å²) in [5.74, 6) is 0.0931. The number of anilines is 1. The van der Waals surface area contributed by atoms with Gasteiger partial charge in [-0.25, -0.2) is 0 Å². The van der Waals surface area contributed by atoms with E-state index in [1.54, 1.807) is 36.4 Å². The van der Waals surface area contributed by atoms with Crippen molar-refractivity contribution < 1.29 is 4.79 Å². The van der Waals surface area contributed by atoms with Gasteiger partial charge in [-0.05, 0) is 36.4 Å². The summed E-state index contributed by atoms with van der Waals surface area (Å²) < 4.78 is 0. The third-order valence-corrected chi connectivity index (χ3v) is 4.27. The lowest BCUT2D eigenvalue weighted by molar-refractivity contribution is -0.113. The van der Waals surface area contributed by atoms with Gasteiger partial charge in [0, 0.05) is 10.6 Å². The molecule has 0 spiro atoms. The summed E-state index contributed by atoms with van der Waals surface area (Å²) in [6.45, 7) is 0. The fourth-order valence-electron chi connectivity index (χ4n) is 1.58. The number of hydrogen-bond acceptors (Lipinski definition) is 3. The topological polar surface area (TPSA) is 52.9 Å². The largest absolute Gasteiger partial charge is 0.325 e. The van der Waals surface area contributed by atoms with Gasteiger partial charge < -0.3 is 5.32 Å². The van der Waals surface area contributed by atoms with Crippen molar-refractivity contribution in [1.29, 1.82) is 5.26 Å². The number of amides is 1. The van der Waals surface area contributed by atoms with Gasteiger partial charge in [-0.15, -0.1) is 11.8 Å². The SMILES string of the molecule is N#Cc1cccc(NC(=O)CSc2ccc(Cl)c(Cl)c2)c1. The molecular weight excluding hydrogens is 327 g/mol. The van der Waals surface area contributed by atoms with Crippen LogP contribution in [-0.2, 0) is 4.79 Å². The van der Waals surface area contributed by atoms with E-state index < -0.39 is 0 Å². The molecular formula is C15H10Cl2N2OS. The molecule has 2 rings (SSSR count). The molecule has 2 aromatic carbocycles. The van der Waals surface area contributed by atoms with Crippen molar-refractivity contribution >= 4 is 46.6 Å². The van der Waals surface area contributed by atoms with Crippen LogP contribution in [0.1, 0.15) is 5.56 Å². The Kier molecular flexibility index (Phi) is 5.51. The van der Waals surface area contributed by atoms with Crippen molar-refractivity contribution in [3.05, 3.63) is 58.1 Å². The second-order valence-corrected chi connectivity index (χ2v) is 5.97. The smallest absolute Gasteiger partial charge is 0.234 e. The molecule has 0 saturated carbocycles. The van der Waals surface area contributed by atoms with E-state index in [2.05, 4.69) is 5.32 Å². The van der Waals surface area contributed by atoms with Gasteiger partial charge in [-0.2, -0.15) is 5.26 Å². The van der Waals surface area contributed by atoms with Gasteiger partial charge in [0.05, 0.1) is 27.4 Å². The van der Waals surface area contributed by atoms with Crippen molar-refractivity contribution in [3.63, 3.8) is 0 Å². The summed E-state index contributed by atoms with van der Waals surface area (Å²) in [4.78, 5) is 12.7. The Morgan fingerprint density at radius 2 is 2.00 bits per heavy atom. The fraction of sp³-hybridized carbons (Fsp3) is 0.0667. The summed E-state index contributed by atoms with van der Waals surface area (Å²) in [5.41, 5.74) is 1.11. The molecule has 0 unspecified atom stereocenters. The molecule has 6 heteroatoms. The number of halogens is 2. The van der Waals surface area contributed by atoms with E-state index in [1.807, 2.05) is 12.1 Å². The normalized spacial score (nSPS) is 9.95. The van der Waals surface area contributed by atoms with E-state index in [0.717, 1.165) is 4.90 Å². The van der Waals surface area contributed by atoms with Crippen LogP contribution in [0.2, 0.25) is 10.0 Å². The van der Waals surface area contributed by atoms with Crippen LogP contribution < -0.4 is 5.32 Å². The van der Waals surface area contributed by atoms with E-state index in [4.69, 9.17) is 28.5 Å². The first-order valence-corrected chi connectivity index (χ1v) is 7.70. The number of thioether (sulfide) groups is 1. The van der Waals surface area contributed by atoms with Gasteiger partial charge in [-0.1, -0.05) is 29.3 Å². The van der Waals surface area contributed by atoms with Gasteiger partial charge in [0.25, 0.3) is 0 Å². The predicted octanol–water partition coefficient (Wildman–Crippen LogP) is 4.60. The summed E-state index contributed by atoms with van der Waals surface area (Å²) in [6.07, 6.45) is 0.